The zero-order valence-corrected chi connectivity index (χ0v) is 14.8. The van der Waals surface area contributed by atoms with Crippen molar-refractivity contribution < 1.29 is 13.6 Å². The van der Waals surface area contributed by atoms with Gasteiger partial charge in [0.15, 0.2) is 0 Å². The van der Waals surface area contributed by atoms with Crippen LogP contribution in [-0.4, -0.2) is 12.1 Å². The summed E-state index contributed by atoms with van der Waals surface area (Å²) in [5.41, 5.74) is 3.05. The van der Waals surface area contributed by atoms with Crippen molar-refractivity contribution in [2.24, 2.45) is 5.10 Å². The lowest BCUT2D eigenvalue weighted by molar-refractivity contribution is 0.0951. The van der Waals surface area contributed by atoms with Crippen molar-refractivity contribution in [1.82, 2.24) is 5.43 Å². The number of furan rings is 1. The Kier molecular flexibility index (Phi) is 5.25. The quantitative estimate of drug-likeness (QED) is 0.507. The van der Waals surface area contributed by atoms with Crippen LogP contribution in [0.4, 0.5) is 4.39 Å². The number of hydrogen-bond donors (Lipinski definition) is 1. The summed E-state index contributed by atoms with van der Waals surface area (Å²) in [6, 6.07) is 16.5. The van der Waals surface area contributed by atoms with Crippen LogP contribution in [0.1, 0.15) is 21.7 Å². The fourth-order valence-corrected chi connectivity index (χ4v) is 2.60. The first-order chi connectivity index (χ1) is 12.6. The molecule has 0 fully saturated rings. The third-order valence-corrected chi connectivity index (χ3v) is 3.93. The minimum Gasteiger partial charge on any atom is -0.455 e. The maximum Gasteiger partial charge on any atom is 0.274 e. The first kappa shape index (κ1) is 17.6. The highest BCUT2D eigenvalue weighted by Gasteiger charge is 2.11. The van der Waals surface area contributed by atoms with Crippen molar-refractivity contribution in [2.75, 3.05) is 0 Å². The van der Waals surface area contributed by atoms with Crippen molar-refractivity contribution in [3.05, 3.63) is 81.8 Å². The van der Waals surface area contributed by atoms with Gasteiger partial charge in [-0.3, -0.25) is 4.79 Å². The number of nitrogens with zero attached hydrogens (tertiary/aromatic N) is 2. The summed E-state index contributed by atoms with van der Waals surface area (Å²) in [7, 11) is 0. The molecule has 2 aromatic carbocycles. The fourth-order valence-electron chi connectivity index (χ4n) is 2.20. The molecule has 0 saturated heterocycles. The second-order valence-electron chi connectivity index (χ2n) is 5.22. The second-order valence-corrected chi connectivity index (χ2v) is 6.13. The Hall–Kier alpha value is -3.24. The van der Waals surface area contributed by atoms with E-state index in [1.807, 2.05) is 24.3 Å². The summed E-state index contributed by atoms with van der Waals surface area (Å²) >= 11 is 3.40. The van der Waals surface area contributed by atoms with E-state index in [0.29, 0.717) is 11.5 Å². The van der Waals surface area contributed by atoms with Crippen LogP contribution in [0.3, 0.4) is 0 Å². The molecule has 1 heterocycles. The first-order valence-corrected chi connectivity index (χ1v) is 8.25. The summed E-state index contributed by atoms with van der Waals surface area (Å²) in [5, 5.41) is 12.5. The third-order valence-electron chi connectivity index (χ3n) is 3.44. The molecule has 1 N–H and O–H groups in total. The lowest BCUT2D eigenvalue weighted by Gasteiger charge is -2.01. The van der Waals surface area contributed by atoms with Crippen LogP contribution in [-0.2, 0) is 0 Å². The molecule has 128 valence electrons. The summed E-state index contributed by atoms with van der Waals surface area (Å²) in [4.78, 5) is 11.9. The zero-order valence-electron chi connectivity index (χ0n) is 13.2. The van der Waals surface area contributed by atoms with Crippen LogP contribution >= 0.6 is 15.9 Å². The maximum absolute atomic E-state index is 13.8. The zero-order chi connectivity index (χ0) is 18.5. The molecule has 1 aromatic heterocycles. The van der Waals surface area contributed by atoms with Crippen LogP contribution < -0.4 is 5.43 Å². The van der Waals surface area contributed by atoms with Gasteiger partial charge in [0.1, 0.15) is 17.3 Å². The molecule has 0 saturated carbocycles. The van der Waals surface area contributed by atoms with Crippen LogP contribution in [0.2, 0.25) is 0 Å². The molecule has 26 heavy (non-hydrogen) atoms. The molecule has 0 spiro atoms. The van der Waals surface area contributed by atoms with Crippen molar-refractivity contribution in [1.29, 1.82) is 5.26 Å². The van der Waals surface area contributed by atoms with Gasteiger partial charge in [-0.05, 0) is 42.5 Å². The summed E-state index contributed by atoms with van der Waals surface area (Å²) in [6.07, 6.45) is 1.32. The Labute approximate surface area is 156 Å². The minimum absolute atomic E-state index is 0.137. The number of benzene rings is 2. The molecule has 5 nitrogen and oxygen atoms in total. The van der Waals surface area contributed by atoms with E-state index in [-0.39, 0.29) is 11.1 Å². The number of halogens is 2. The molecule has 7 heteroatoms. The number of rotatable bonds is 4. The lowest BCUT2D eigenvalue weighted by Crippen LogP contribution is -2.19. The number of carbonyl (C=O) groups is 1. The normalized spacial score (nSPS) is 10.7. The van der Waals surface area contributed by atoms with E-state index in [2.05, 4.69) is 26.5 Å². The van der Waals surface area contributed by atoms with Crippen LogP contribution in [0.5, 0.6) is 0 Å². The van der Waals surface area contributed by atoms with Gasteiger partial charge in [0.05, 0.1) is 23.4 Å². The van der Waals surface area contributed by atoms with Crippen molar-refractivity contribution in [3.63, 3.8) is 0 Å². The number of amides is 1. The molecule has 0 unspecified atom stereocenters. The molecular formula is C19H11BrFN3O2. The SMILES string of the molecule is N#Cc1ccc(C(=O)NN=Cc2ccc(-c3cccc(Br)c3)o2)c(F)c1. The van der Waals surface area contributed by atoms with E-state index in [1.165, 1.54) is 18.3 Å². The standard InChI is InChI=1S/C19H11BrFN3O2/c20-14-3-1-2-13(9-14)18-7-5-15(26-18)11-23-24-19(25)16-6-4-12(10-22)8-17(16)21/h1-9,11H,(H,24,25). The monoisotopic (exact) mass is 411 g/mol. The number of nitriles is 1. The number of nitrogens with one attached hydrogen (secondary N) is 1. The Bertz CT molecular complexity index is 1040. The predicted molar refractivity (Wildman–Crippen MR) is 98.0 cm³/mol. The van der Waals surface area contributed by atoms with E-state index < -0.39 is 11.7 Å². The van der Waals surface area contributed by atoms with Crippen LogP contribution in [0.15, 0.2) is 68.6 Å². The molecule has 3 aromatic rings. The highest BCUT2D eigenvalue weighted by Crippen LogP contribution is 2.24. The molecule has 0 radical (unpaired) electrons. The lowest BCUT2D eigenvalue weighted by atomic mass is 10.1. The highest BCUT2D eigenvalue weighted by atomic mass is 79.9. The molecule has 0 aliphatic rings. The highest BCUT2D eigenvalue weighted by molar-refractivity contribution is 9.10. The topological polar surface area (TPSA) is 78.4 Å². The fraction of sp³-hybridized carbons (Fsp3) is 0. The number of hydrogen-bond acceptors (Lipinski definition) is 4. The van der Waals surface area contributed by atoms with E-state index in [1.54, 1.807) is 18.2 Å². The van der Waals surface area contributed by atoms with Crippen molar-refractivity contribution >= 4 is 28.1 Å². The van der Waals surface area contributed by atoms with Crippen molar-refractivity contribution in [3.8, 4) is 17.4 Å². The minimum atomic E-state index is -0.785. The van der Waals surface area contributed by atoms with Gasteiger partial charge >= 0.3 is 0 Å². The largest absolute Gasteiger partial charge is 0.455 e. The van der Waals surface area contributed by atoms with E-state index in [0.717, 1.165) is 16.1 Å². The summed E-state index contributed by atoms with van der Waals surface area (Å²) in [5.74, 6) is -0.425. The third kappa shape index (κ3) is 4.05. The predicted octanol–water partition coefficient (Wildman–Crippen LogP) is 4.48. The van der Waals surface area contributed by atoms with Crippen LogP contribution in [0, 0.1) is 17.1 Å². The van der Waals surface area contributed by atoms with Gasteiger partial charge < -0.3 is 4.42 Å². The van der Waals surface area contributed by atoms with Gasteiger partial charge in [0.25, 0.3) is 5.91 Å². The summed E-state index contributed by atoms with van der Waals surface area (Å²) in [6.45, 7) is 0. The number of hydrazone groups is 1. The molecule has 1 amide bonds. The average molecular weight is 412 g/mol. The molecule has 3 rings (SSSR count). The maximum atomic E-state index is 13.8. The van der Waals surface area contributed by atoms with E-state index >= 15 is 0 Å². The first-order valence-electron chi connectivity index (χ1n) is 7.45. The van der Waals surface area contributed by atoms with Gasteiger partial charge in [-0.15, -0.1) is 0 Å². The second kappa shape index (κ2) is 7.76. The summed E-state index contributed by atoms with van der Waals surface area (Å²) < 4.78 is 20.3. The van der Waals surface area contributed by atoms with Gasteiger partial charge in [-0.25, -0.2) is 9.82 Å². The molecule has 0 bridgehead atoms. The van der Waals surface area contributed by atoms with Gasteiger partial charge in [0, 0.05) is 10.0 Å². The van der Waals surface area contributed by atoms with E-state index in [9.17, 15) is 9.18 Å². The Morgan fingerprint density at radius 3 is 2.81 bits per heavy atom. The Morgan fingerprint density at radius 2 is 2.08 bits per heavy atom. The molecule has 0 atom stereocenters. The Balaban J connectivity index is 1.68. The smallest absolute Gasteiger partial charge is 0.274 e. The molecule has 0 aliphatic carbocycles. The molecule has 0 aliphatic heterocycles. The van der Waals surface area contributed by atoms with Gasteiger partial charge in [0.2, 0.25) is 0 Å². The van der Waals surface area contributed by atoms with Crippen molar-refractivity contribution in [2.45, 2.75) is 0 Å². The number of carbonyl (C=O) groups excluding carboxylic acids is 1. The van der Waals surface area contributed by atoms with E-state index in [4.69, 9.17) is 9.68 Å². The Morgan fingerprint density at radius 1 is 1.23 bits per heavy atom. The average Bonchev–Trinajstić information content (AvgIpc) is 3.10. The van der Waals surface area contributed by atoms with Crippen LogP contribution in [0.25, 0.3) is 11.3 Å². The van der Waals surface area contributed by atoms with Gasteiger partial charge in [-0.1, -0.05) is 28.1 Å². The van der Waals surface area contributed by atoms with Gasteiger partial charge in [-0.2, -0.15) is 10.4 Å². The molecular weight excluding hydrogens is 401 g/mol.